The second kappa shape index (κ2) is 9.07. The molecule has 1 atom stereocenters. The number of rotatable bonds is 8. The molecule has 1 aliphatic rings. The number of ketones is 1. The van der Waals surface area contributed by atoms with Gasteiger partial charge in [-0.05, 0) is 43.7 Å². The number of aliphatic hydroxyl groups excluding tert-OH is 1. The fraction of sp³-hybridized carbons (Fsp3) is 0.280. The van der Waals surface area contributed by atoms with Crippen LogP contribution < -0.4 is 4.74 Å². The average Bonchev–Trinajstić information content (AvgIpc) is 3.34. The molecule has 0 radical (unpaired) electrons. The number of ether oxygens (including phenoxy) is 2. The van der Waals surface area contributed by atoms with E-state index in [0.717, 1.165) is 0 Å². The molecule has 1 amide bonds. The van der Waals surface area contributed by atoms with Crippen molar-refractivity contribution in [3.8, 4) is 5.75 Å². The fourth-order valence-electron chi connectivity index (χ4n) is 3.94. The number of methoxy groups -OCH3 is 1. The number of fused-ring (bicyclic) bond motifs is 1. The normalized spacial score (nSPS) is 16.3. The molecule has 33 heavy (non-hydrogen) atoms. The molecule has 0 saturated carbocycles. The minimum atomic E-state index is -0.920. The maximum Gasteiger partial charge on any atom is 0.290 e. The minimum Gasteiger partial charge on any atom is -0.503 e. The third kappa shape index (κ3) is 4.21. The Kier molecular flexibility index (Phi) is 6.20. The summed E-state index contributed by atoms with van der Waals surface area (Å²) in [6.45, 7) is 4.07. The first-order chi connectivity index (χ1) is 15.8. The van der Waals surface area contributed by atoms with E-state index >= 15 is 0 Å². The number of aliphatic hydroxyl groups is 1. The van der Waals surface area contributed by atoms with Gasteiger partial charge >= 0.3 is 0 Å². The molecular weight excluding hydrogens is 429 g/mol. The molecule has 0 fully saturated rings. The van der Waals surface area contributed by atoms with Gasteiger partial charge in [0.05, 0.1) is 31.4 Å². The lowest BCUT2D eigenvalue weighted by atomic mass is 9.95. The van der Waals surface area contributed by atoms with Gasteiger partial charge in [-0.3, -0.25) is 9.59 Å². The van der Waals surface area contributed by atoms with Gasteiger partial charge in [0.15, 0.2) is 22.9 Å². The summed E-state index contributed by atoms with van der Waals surface area (Å²) >= 11 is 0. The zero-order chi connectivity index (χ0) is 23.7. The van der Waals surface area contributed by atoms with Crippen LogP contribution in [-0.4, -0.2) is 48.1 Å². The molecule has 172 valence electrons. The molecule has 1 N–H and O–H groups in total. The van der Waals surface area contributed by atoms with E-state index in [4.69, 9.17) is 13.9 Å². The Labute approximate surface area is 190 Å². The van der Waals surface area contributed by atoms with E-state index in [9.17, 15) is 19.1 Å². The molecule has 0 saturated heterocycles. The number of carbonyl (C=O) groups excluding carboxylic acids is 2. The van der Waals surface area contributed by atoms with E-state index in [1.165, 1.54) is 42.3 Å². The topological polar surface area (TPSA) is 89.2 Å². The van der Waals surface area contributed by atoms with Crippen LogP contribution >= 0.6 is 0 Å². The summed E-state index contributed by atoms with van der Waals surface area (Å²) in [5.41, 5.74) is 0.734. The highest BCUT2D eigenvalue weighted by Gasteiger charge is 2.44. The van der Waals surface area contributed by atoms with Crippen LogP contribution in [-0.2, 0) is 9.53 Å². The summed E-state index contributed by atoms with van der Waals surface area (Å²) in [5.74, 6) is -2.05. The van der Waals surface area contributed by atoms with Crippen molar-refractivity contribution in [2.75, 3.05) is 20.3 Å². The number of amides is 1. The van der Waals surface area contributed by atoms with Crippen LogP contribution in [0.2, 0.25) is 0 Å². The monoisotopic (exact) mass is 453 g/mol. The summed E-state index contributed by atoms with van der Waals surface area (Å²) in [4.78, 5) is 27.8. The van der Waals surface area contributed by atoms with Crippen LogP contribution in [0.1, 0.15) is 36.0 Å². The molecule has 1 aliphatic heterocycles. The Hall–Kier alpha value is -3.65. The Morgan fingerprint density at radius 3 is 2.61 bits per heavy atom. The number of nitrogens with zero attached hydrogens (tertiary/aromatic N) is 1. The Bertz CT molecular complexity index is 1230. The minimum absolute atomic E-state index is 0.0451. The molecule has 7 nitrogen and oxygen atoms in total. The number of halogens is 1. The summed E-state index contributed by atoms with van der Waals surface area (Å²) in [5, 5.41) is 11.4. The number of benzene rings is 2. The highest BCUT2D eigenvalue weighted by molar-refractivity contribution is 6.16. The first-order valence-corrected chi connectivity index (χ1v) is 10.5. The van der Waals surface area contributed by atoms with Crippen molar-refractivity contribution in [3.63, 3.8) is 0 Å². The lowest BCUT2D eigenvalue weighted by molar-refractivity contribution is -0.130. The molecular formula is C25H24FNO6. The van der Waals surface area contributed by atoms with Crippen molar-refractivity contribution in [1.82, 2.24) is 4.90 Å². The van der Waals surface area contributed by atoms with Gasteiger partial charge in [0.25, 0.3) is 5.91 Å². The van der Waals surface area contributed by atoms with Gasteiger partial charge in [-0.2, -0.15) is 0 Å². The summed E-state index contributed by atoms with van der Waals surface area (Å²) < 4.78 is 30.2. The van der Waals surface area contributed by atoms with Crippen molar-refractivity contribution in [1.29, 1.82) is 0 Å². The molecule has 0 bridgehead atoms. The number of carbonyl (C=O) groups is 2. The highest BCUT2D eigenvalue weighted by atomic mass is 19.1. The first-order valence-electron chi connectivity index (χ1n) is 10.5. The van der Waals surface area contributed by atoms with E-state index in [2.05, 4.69) is 0 Å². The molecule has 2 heterocycles. The third-order valence-electron chi connectivity index (χ3n) is 5.47. The predicted molar refractivity (Wildman–Crippen MR) is 119 cm³/mol. The molecule has 1 aromatic heterocycles. The molecule has 4 rings (SSSR count). The lowest BCUT2D eigenvalue weighted by Gasteiger charge is -2.27. The van der Waals surface area contributed by atoms with E-state index in [0.29, 0.717) is 22.3 Å². The fourth-order valence-corrected chi connectivity index (χ4v) is 3.94. The van der Waals surface area contributed by atoms with Crippen LogP contribution in [0.4, 0.5) is 4.39 Å². The van der Waals surface area contributed by atoms with Crippen LogP contribution in [0.5, 0.6) is 5.75 Å². The van der Waals surface area contributed by atoms with Crippen molar-refractivity contribution in [3.05, 3.63) is 77.0 Å². The predicted octanol–water partition coefficient (Wildman–Crippen LogP) is 4.58. The van der Waals surface area contributed by atoms with Gasteiger partial charge in [0.2, 0.25) is 5.78 Å². The van der Waals surface area contributed by atoms with Gasteiger partial charge in [-0.15, -0.1) is 0 Å². The van der Waals surface area contributed by atoms with Crippen molar-refractivity contribution in [2.45, 2.75) is 26.0 Å². The molecule has 3 aromatic rings. The third-order valence-corrected chi connectivity index (χ3v) is 5.47. The Balaban J connectivity index is 1.76. The summed E-state index contributed by atoms with van der Waals surface area (Å²) in [6, 6.07) is 11.3. The molecule has 0 aliphatic carbocycles. The quantitative estimate of drug-likeness (QED) is 0.502. The van der Waals surface area contributed by atoms with Crippen molar-refractivity contribution < 1.29 is 33.0 Å². The molecule has 2 aromatic carbocycles. The lowest BCUT2D eigenvalue weighted by Crippen LogP contribution is -2.34. The second-order valence-electron chi connectivity index (χ2n) is 7.95. The standard InChI is InChI=1S/C25H24FNO6/c1-14(2)32-12-11-27-21(15-7-9-17(26)10-8-15)20(23(29)25(27)30)22(28)19-13-16-5-4-6-18(31-3)24(16)33-19/h4-10,13-14,21,29H,11-12H2,1-3H3. The number of para-hydroxylation sites is 1. The highest BCUT2D eigenvalue weighted by Crippen LogP contribution is 2.40. The number of hydrogen-bond acceptors (Lipinski definition) is 6. The summed E-state index contributed by atoms with van der Waals surface area (Å²) in [6.07, 6.45) is -0.0554. The number of Topliss-reactive ketones (excluding diaryl/α,β-unsaturated/α-hetero) is 1. The first kappa shape index (κ1) is 22.5. The van der Waals surface area contributed by atoms with Crippen LogP contribution in [0.25, 0.3) is 11.0 Å². The molecule has 1 unspecified atom stereocenters. The van der Waals surface area contributed by atoms with E-state index in [1.54, 1.807) is 18.2 Å². The number of hydrogen-bond donors (Lipinski definition) is 1. The largest absolute Gasteiger partial charge is 0.503 e. The zero-order valence-corrected chi connectivity index (χ0v) is 18.5. The van der Waals surface area contributed by atoms with Crippen LogP contribution in [0.3, 0.4) is 0 Å². The maximum absolute atomic E-state index is 13.6. The Morgan fingerprint density at radius 1 is 1.21 bits per heavy atom. The average molecular weight is 453 g/mol. The maximum atomic E-state index is 13.6. The summed E-state index contributed by atoms with van der Waals surface area (Å²) in [7, 11) is 1.49. The van der Waals surface area contributed by atoms with Crippen LogP contribution in [0.15, 0.2) is 64.3 Å². The molecule has 8 heteroatoms. The van der Waals surface area contributed by atoms with E-state index in [1.807, 2.05) is 13.8 Å². The SMILES string of the molecule is COc1cccc2cc(C(=O)C3=C(O)C(=O)N(CCOC(C)C)C3c3ccc(F)cc3)oc12. The second-order valence-corrected chi connectivity index (χ2v) is 7.95. The van der Waals surface area contributed by atoms with Gasteiger partial charge < -0.3 is 23.9 Å². The zero-order valence-electron chi connectivity index (χ0n) is 18.5. The van der Waals surface area contributed by atoms with Crippen molar-refractivity contribution in [2.24, 2.45) is 0 Å². The van der Waals surface area contributed by atoms with Crippen LogP contribution in [0, 0.1) is 5.82 Å². The van der Waals surface area contributed by atoms with Crippen molar-refractivity contribution >= 4 is 22.7 Å². The number of furan rings is 1. The smallest absolute Gasteiger partial charge is 0.290 e. The van der Waals surface area contributed by atoms with Gasteiger partial charge in [0, 0.05) is 11.9 Å². The van der Waals surface area contributed by atoms with Gasteiger partial charge in [-0.25, -0.2) is 4.39 Å². The molecule has 0 spiro atoms. The Morgan fingerprint density at radius 2 is 1.94 bits per heavy atom. The van der Waals surface area contributed by atoms with E-state index < -0.39 is 29.3 Å². The van der Waals surface area contributed by atoms with Gasteiger partial charge in [0.1, 0.15) is 5.82 Å². The van der Waals surface area contributed by atoms with Gasteiger partial charge in [-0.1, -0.05) is 24.3 Å². The van der Waals surface area contributed by atoms with E-state index in [-0.39, 0.29) is 30.6 Å².